The Morgan fingerprint density at radius 3 is 2.70 bits per heavy atom. The molecule has 20 heavy (non-hydrogen) atoms. The summed E-state index contributed by atoms with van der Waals surface area (Å²) in [5.74, 6) is 1.05. The molecule has 0 fully saturated rings. The van der Waals surface area contributed by atoms with E-state index in [1.54, 1.807) is 22.9 Å². The molecular formula is C14H15ClN2O3. The molecule has 2 aromatic rings. The highest BCUT2D eigenvalue weighted by atomic mass is 35.5. The van der Waals surface area contributed by atoms with Gasteiger partial charge in [0.25, 0.3) is 0 Å². The lowest BCUT2D eigenvalue weighted by Crippen LogP contribution is -2.04. The number of hydrogen-bond acceptors (Lipinski definition) is 4. The largest absolute Gasteiger partial charge is 0.493 e. The van der Waals surface area contributed by atoms with Crippen molar-refractivity contribution in [3.05, 3.63) is 40.2 Å². The van der Waals surface area contributed by atoms with Crippen LogP contribution in [0, 0.1) is 6.92 Å². The molecule has 0 amide bonds. The minimum absolute atomic E-state index is 0.271. The van der Waals surface area contributed by atoms with E-state index in [-0.39, 0.29) is 6.61 Å². The Morgan fingerprint density at radius 2 is 2.15 bits per heavy atom. The number of hydrogen-bond donors (Lipinski definition) is 0. The first-order valence-electron chi connectivity index (χ1n) is 6.00. The molecule has 0 radical (unpaired) electrons. The third-order valence-corrected chi connectivity index (χ3v) is 3.44. The van der Waals surface area contributed by atoms with Crippen LogP contribution >= 0.6 is 11.6 Å². The smallest absolute Gasteiger partial charge is 0.161 e. The molecule has 0 N–H and O–H groups in total. The van der Waals surface area contributed by atoms with Crippen LogP contribution in [-0.2, 0) is 13.7 Å². The van der Waals surface area contributed by atoms with E-state index in [4.69, 9.17) is 21.1 Å². The van der Waals surface area contributed by atoms with E-state index >= 15 is 0 Å². The molecule has 1 aromatic carbocycles. The highest BCUT2D eigenvalue weighted by Gasteiger charge is 2.13. The molecule has 0 bridgehead atoms. The van der Waals surface area contributed by atoms with Crippen LogP contribution < -0.4 is 9.47 Å². The summed E-state index contributed by atoms with van der Waals surface area (Å²) in [6.07, 6.45) is 0.758. The van der Waals surface area contributed by atoms with Crippen molar-refractivity contribution in [2.45, 2.75) is 13.5 Å². The Balaban J connectivity index is 2.20. The van der Waals surface area contributed by atoms with Gasteiger partial charge in [-0.2, -0.15) is 5.10 Å². The van der Waals surface area contributed by atoms with Gasteiger partial charge in [-0.05, 0) is 25.1 Å². The number of nitrogens with zero attached hydrogens (tertiary/aromatic N) is 2. The van der Waals surface area contributed by atoms with Gasteiger partial charge in [0.1, 0.15) is 12.9 Å². The maximum absolute atomic E-state index is 10.7. The van der Waals surface area contributed by atoms with Gasteiger partial charge in [-0.3, -0.25) is 9.48 Å². The normalized spacial score (nSPS) is 10.4. The van der Waals surface area contributed by atoms with Crippen LogP contribution in [0.15, 0.2) is 18.2 Å². The van der Waals surface area contributed by atoms with Gasteiger partial charge < -0.3 is 9.47 Å². The zero-order chi connectivity index (χ0) is 14.7. The minimum atomic E-state index is 0.271. The van der Waals surface area contributed by atoms with Gasteiger partial charge in [0.15, 0.2) is 11.5 Å². The average Bonchev–Trinajstić information content (AvgIpc) is 2.70. The van der Waals surface area contributed by atoms with E-state index in [2.05, 4.69) is 5.10 Å². The molecule has 0 aliphatic carbocycles. The predicted octanol–water partition coefficient (Wildman–Crippen LogP) is 2.78. The first-order chi connectivity index (χ1) is 9.56. The summed E-state index contributed by atoms with van der Waals surface area (Å²) >= 11 is 6.16. The Labute approximate surface area is 122 Å². The van der Waals surface area contributed by atoms with E-state index in [1.165, 1.54) is 7.11 Å². The van der Waals surface area contributed by atoms with E-state index in [0.29, 0.717) is 22.1 Å². The third kappa shape index (κ3) is 2.77. The third-order valence-electron chi connectivity index (χ3n) is 2.95. The summed E-state index contributed by atoms with van der Waals surface area (Å²) in [5.41, 5.74) is 2.07. The van der Waals surface area contributed by atoms with E-state index in [0.717, 1.165) is 17.7 Å². The Bertz CT molecular complexity index is 638. The van der Waals surface area contributed by atoms with Gasteiger partial charge >= 0.3 is 0 Å². The molecule has 0 unspecified atom stereocenters. The molecule has 106 valence electrons. The van der Waals surface area contributed by atoms with Crippen molar-refractivity contribution in [2.75, 3.05) is 7.11 Å². The van der Waals surface area contributed by atoms with Crippen LogP contribution in [-0.4, -0.2) is 23.2 Å². The number of carbonyl (C=O) groups excluding carboxylic acids is 1. The SMILES string of the molecule is COc1cc(C=O)ccc1OCc1c(Cl)c(C)nn1C. The minimum Gasteiger partial charge on any atom is -0.493 e. The molecule has 0 aliphatic rings. The quantitative estimate of drug-likeness (QED) is 0.796. The van der Waals surface area contributed by atoms with E-state index in [1.807, 2.05) is 14.0 Å². The van der Waals surface area contributed by atoms with E-state index in [9.17, 15) is 4.79 Å². The summed E-state index contributed by atoms with van der Waals surface area (Å²) in [6.45, 7) is 2.11. The monoisotopic (exact) mass is 294 g/mol. The fourth-order valence-electron chi connectivity index (χ4n) is 1.86. The summed E-state index contributed by atoms with van der Waals surface area (Å²) in [5, 5.41) is 4.81. The molecule has 1 heterocycles. The number of rotatable bonds is 5. The van der Waals surface area contributed by atoms with Crippen LogP contribution in [0.1, 0.15) is 21.7 Å². The molecule has 1 aromatic heterocycles. The van der Waals surface area contributed by atoms with Crippen molar-refractivity contribution >= 4 is 17.9 Å². The molecule has 0 aliphatic heterocycles. The summed E-state index contributed by atoms with van der Waals surface area (Å²) < 4.78 is 12.6. The number of aryl methyl sites for hydroxylation is 2. The summed E-state index contributed by atoms with van der Waals surface area (Å²) in [4.78, 5) is 10.7. The fourth-order valence-corrected chi connectivity index (χ4v) is 2.07. The lowest BCUT2D eigenvalue weighted by Gasteiger charge is -2.11. The molecular weight excluding hydrogens is 280 g/mol. The van der Waals surface area contributed by atoms with Crippen molar-refractivity contribution in [3.8, 4) is 11.5 Å². The molecule has 0 spiro atoms. The van der Waals surface area contributed by atoms with Gasteiger partial charge in [0.2, 0.25) is 0 Å². The number of ether oxygens (including phenoxy) is 2. The molecule has 2 rings (SSSR count). The number of benzene rings is 1. The highest BCUT2D eigenvalue weighted by Crippen LogP contribution is 2.29. The molecule has 0 atom stereocenters. The second-order valence-electron chi connectivity index (χ2n) is 4.29. The number of aldehydes is 1. The van der Waals surface area contributed by atoms with Gasteiger partial charge in [-0.15, -0.1) is 0 Å². The molecule has 0 saturated heterocycles. The topological polar surface area (TPSA) is 53.4 Å². The summed E-state index contributed by atoms with van der Waals surface area (Å²) in [6, 6.07) is 4.99. The average molecular weight is 295 g/mol. The maximum Gasteiger partial charge on any atom is 0.161 e. The van der Waals surface area contributed by atoms with Gasteiger partial charge in [0, 0.05) is 12.6 Å². The van der Waals surface area contributed by atoms with Crippen molar-refractivity contribution in [2.24, 2.45) is 7.05 Å². The second-order valence-corrected chi connectivity index (χ2v) is 4.66. The van der Waals surface area contributed by atoms with Gasteiger partial charge in [-0.1, -0.05) is 11.6 Å². The molecule has 6 heteroatoms. The summed E-state index contributed by atoms with van der Waals surface area (Å²) in [7, 11) is 3.34. The number of methoxy groups -OCH3 is 1. The highest BCUT2D eigenvalue weighted by molar-refractivity contribution is 6.31. The van der Waals surface area contributed by atoms with Crippen LogP contribution in [0.3, 0.4) is 0 Å². The van der Waals surface area contributed by atoms with E-state index < -0.39 is 0 Å². The molecule has 0 saturated carbocycles. The number of aromatic nitrogens is 2. The molecule has 5 nitrogen and oxygen atoms in total. The van der Waals surface area contributed by atoms with Crippen molar-refractivity contribution in [1.29, 1.82) is 0 Å². The second kappa shape index (κ2) is 5.96. The van der Waals surface area contributed by atoms with Crippen LogP contribution in [0.25, 0.3) is 0 Å². The maximum atomic E-state index is 10.7. The Hall–Kier alpha value is -2.01. The van der Waals surface area contributed by atoms with Crippen molar-refractivity contribution in [3.63, 3.8) is 0 Å². The first-order valence-corrected chi connectivity index (χ1v) is 6.38. The fraction of sp³-hybridized carbons (Fsp3) is 0.286. The van der Waals surface area contributed by atoms with Crippen LogP contribution in [0.4, 0.5) is 0 Å². The number of carbonyl (C=O) groups is 1. The lowest BCUT2D eigenvalue weighted by molar-refractivity contribution is 0.112. The number of halogens is 1. The van der Waals surface area contributed by atoms with Crippen LogP contribution in [0.5, 0.6) is 11.5 Å². The predicted molar refractivity (Wildman–Crippen MR) is 75.7 cm³/mol. The zero-order valence-electron chi connectivity index (χ0n) is 11.5. The lowest BCUT2D eigenvalue weighted by atomic mass is 10.2. The van der Waals surface area contributed by atoms with Crippen molar-refractivity contribution in [1.82, 2.24) is 9.78 Å². The van der Waals surface area contributed by atoms with Crippen molar-refractivity contribution < 1.29 is 14.3 Å². The van der Waals surface area contributed by atoms with Crippen LogP contribution in [0.2, 0.25) is 5.02 Å². The first kappa shape index (κ1) is 14.4. The van der Waals surface area contributed by atoms with Gasteiger partial charge in [-0.25, -0.2) is 0 Å². The zero-order valence-corrected chi connectivity index (χ0v) is 12.3. The Kier molecular flexibility index (Phi) is 4.29. The Morgan fingerprint density at radius 1 is 1.40 bits per heavy atom. The standard InChI is InChI=1S/C14H15ClN2O3/c1-9-14(15)11(17(2)16-9)8-20-12-5-4-10(7-18)6-13(12)19-3/h4-7H,8H2,1-3H3. The van der Waals surface area contributed by atoms with Gasteiger partial charge in [0.05, 0.1) is 23.5 Å².